The van der Waals surface area contributed by atoms with Gasteiger partial charge in [-0.05, 0) is 58.4 Å². The molecule has 1 fully saturated rings. The van der Waals surface area contributed by atoms with Crippen LogP contribution in [0, 0.1) is 0 Å². The van der Waals surface area contributed by atoms with Crippen LogP contribution < -0.4 is 20.4 Å². The minimum absolute atomic E-state index is 0.180. The Morgan fingerprint density at radius 3 is 2.77 bits per heavy atom. The van der Waals surface area contributed by atoms with Gasteiger partial charge in [0.2, 0.25) is 0 Å². The zero-order valence-corrected chi connectivity index (χ0v) is 22.3. The number of aromatic nitrogens is 2. The van der Waals surface area contributed by atoms with E-state index in [2.05, 4.69) is 65.8 Å². The molecule has 2 bridgehead atoms. The van der Waals surface area contributed by atoms with Gasteiger partial charge < -0.3 is 20.4 Å². The minimum Gasteiger partial charge on any atom is -0.378 e. The minimum atomic E-state index is -1.47. The molecule has 2 aliphatic heterocycles. The second kappa shape index (κ2) is 9.23. The van der Waals surface area contributed by atoms with Crippen molar-refractivity contribution in [1.82, 2.24) is 15.3 Å². The van der Waals surface area contributed by atoms with Gasteiger partial charge in [0.25, 0.3) is 0 Å². The second-order valence-electron chi connectivity index (χ2n) is 9.85. The fourth-order valence-corrected chi connectivity index (χ4v) is 4.68. The first kappa shape index (κ1) is 25.1. The predicted octanol–water partition coefficient (Wildman–Crippen LogP) is 4.80. The molecule has 0 spiro atoms. The summed E-state index contributed by atoms with van der Waals surface area (Å²) in [6.07, 6.45) is 2.73. The summed E-state index contributed by atoms with van der Waals surface area (Å²) in [5, 5.41) is 5.08. The van der Waals surface area contributed by atoms with Gasteiger partial charge >= 0.3 is 0 Å². The van der Waals surface area contributed by atoms with Gasteiger partial charge in [0, 0.05) is 37.6 Å². The van der Waals surface area contributed by atoms with E-state index >= 15 is 0 Å². The van der Waals surface area contributed by atoms with Crippen LogP contribution in [0.2, 0.25) is 0 Å². The molecule has 1 saturated heterocycles. The van der Waals surface area contributed by atoms with E-state index < -0.39 is 11.5 Å². The largest absolute Gasteiger partial charge is 0.378 e. The topological polar surface area (TPSA) is 68.7 Å². The van der Waals surface area contributed by atoms with Crippen molar-refractivity contribution in [2.45, 2.75) is 51.1 Å². The Morgan fingerprint density at radius 1 is 1.34 bits per heavy atom. The maximum absolute atomic E-state index is 14.4. The monoisotopic (exact) mass is 495 g/mol. The number of nitrogens with one attached hydrogen (secondary N) is 2. The number of aliphatic imine (C=N–C) groups is 1. The van der Waals surface area contributed by atoms with E-state index in [1.165, 1.54) is 6.92 Å². The summed E-state index contributed by atoms with van der Waals surface area (Å²) < 4.78 is 14.4. The highest BCUT2D eigenvalue weighted by atomic mass is 31.0. The molecule has 2 aliphatic rings. The molecule has 35 heavy (non-hydrogen) atoms. The molecule has 0 aliphatic carbocycles. The number of hydrogen-bond donors (Lipinski definition) is 2. The van der Waals surface area contributed by atoms with Gasteiger partial charge in [0.1, 0.15) is 17.0 Å². The Bertz CT molecular complexity index is 1190. The number of halogens is 1. The van der Waals surface area contributed by atoms with Crippen LogP contribution in [0.1, 0.15) is 45.4 Å². The van der Waals surface area contributed by atoms with Crippen molar-refractivity contribution >= 4 is 38.0 Å². The Kier molecular flexibility index (Phi) is 6.62. The van der Waals surface area contributed by atoms with Crippen molar-refractivity contribution in [2.24, 2.45) is 4.99 Å². The lowest BCUT2D eigenvalue weighted by Crippen LogP contribution is -2.52. The van der Waals surface area contributed by atoms with E-state index in [1.807, 2.05) is 25.1 Å². The molecule has 4 rings (SSSR count). The zero-order valence-electron chi connectivity index (χ0n) is 21.2. The first-order valence-electron chi connectivity index (χ1n) is 11.8. The predicted molar refractivity (Wildman–Crippen MR) is 148 cm³/mol. The fourth-order valence-electron chi connectivity index (χ4n) is 4.60. The highest BCUT2D eigenvalue weighted by molar-refractivity contribution is 7.18. The summed E-state index contributed by atoms with van der Waals surface area (Å²) in [5.41, 5.74) is 4.05. The standard InChI is InChI=1S/C26H35FN7P/c1-16(28-7)20-10-12-29-23(14-20)31-19(4)34-24-22(33-13-11-25(34,5)15-33)9-8-21(32-24)17(2)30-18(3)26(6,27)35/h8-10,12,14,18,30H,2,4,11,13,15,35H2,1,3,5-7H3,(H,29,31)/t18?,25-,26-/m0/s1. The Balaban J connectivity index is 1.66. The summed E-state index contributed by atoms with van der Waals surface area (Å²) in [7, 11) is 4.01. The SMILES string of the molecule is C=C(NC(C)[C@@](C)(F)P)c1ccc2c(n1)N(C(=C)Nc1cc(C(C)=NC)ccn1)[C@@]1(C)CCN2C1. The number of fused-ring (bicyclic) bond motifs is 4. The number of alkyl halides is 1. The maximum Gasteiger partial charge on any atom is 0.159 e. The molecular formula is C26H35FN7P. The molecule has 0 amide bonds. The van der Waals surface area contributed by atoms with E-state index in [-0.39, 0.29) is 5.54 Å². The third kappa shape index (κ3) is 4.90. The molecule has 7 nitrogen and oxygen atoms in total. The lowest BCUT2D eigenvalue weighted by molar-refractivity contribution is 0.257. The zero-order chi connectivity index (χ0) is 25.5. The van der Waals surface area contributed by atoms with Gasteiger partial charge in [-0.1, -0.05) is 22.4 Å². The summed E-state index contributed by atoms with van der Waals surface area (Å²) in [4.78, 5) is 18.3. The van der Waals surface area contributed by atoms with Crippen LogP contribution in [0.5, 0.6) is 0 Å². The van der Waals surface area contributed by atoms with E-state index in [9.17, 15) is 4.39 Å². The average Bonchev–Trinajstić information content (AvgIpc) is 3.15. The summed E-state index contributed by atoms with van der Waals surface area (Å²) in [6.45, 7) is 17.8. The molecule has 2 N–H and O–H groups in total. The molecule has 0 radical (unpaired) electrons. The van der Waals surface area contributed by atoms with Crippen LogP contribution in [-0.2, 0) is 0 Å². The third-order valence-electron chi connectivity index (χ3n) is 7.00. The van der Waals surface area contributed by atoms with Crippen molar-refractivity contribution in [3.05, 3.63) is 60.7 Å². The van der Waals surface area contributed by atoms with Gasteiger partial charge in [-0.2, -0.15) is 0 Å². The summed E-state index contributed by atoms with van der Waals surface area (Å²) >= 11 is 0. The number of pyridine rings is 2. The van der Waals surface area contributed by atoms with Crippen molar-refractivity contribution in [1.29, 1.82) is 0 Å². The van der Waals surface area contributed by atoms with Crippen LogP contribution in [0.15, 0.2) is 54.4 Å². The fraction of sp³-hybridized carbons (Fsp3) is 0.423. The number of anilines is 3. The first-order valence-corrected chi connectivity index (χ1v) is 12.4. The maximum atomic E-state index is 14.4. The molecule has 0 saturated carbocycles. The van der Waals surface area contributed by atoms with Crippen LogP contribution in [0.4, 0.5) is 21.7 Å². The molecular weight excluding hydrogens is 460 g/mol. The third-order valence-corrected chi connectivity index (χ3v) is 7.50. The number of nitrogens with zero attached hydrogens (tertiary/aromatic N) is 5. The van der Waals surface area contributed by atoms with Gasteiger partial charge in [0.15, 0.2) is 5.82 Å². The molecule has 2 unspecified atom stereocenters. The van der Waals surface area contributed by atoms with E-state index in [4.69, 9.17) is 4.98 Å². The lowest BCUT2D eigenvalue weighted by atomic mass is 9.97. The highest BCUT2D eigenvalue weighted by Crippen LogP contribution is 2.46. The van der Waals surface area contributed by atoms with E-state index in [1.54, 1.807) is 20.2 Å². The Labute approximate surface area is 209 Å². The second-order valence-corrected chi connectivity index (χ2v) is 11.0. The molecule has 2 aromatic rings. The molecule has 4 atom stereocenters. The molecule has 4 heterocycles. The summed E-state index contributed by atoms with van der Waals surface area (Å²) in [6, 6.07) is 7.46. The number of rotatable bonds is 8. The highest BCUT2D eigenvalue weighted by Gasteiger charge is 2.47. The molecule has 186 valence electrons. The van der Waals surface area contributed by atoms with Gasteiger partial charge in [-0.25, -0.2) is 14.4 Å². The van der Waals surface area contributed by atoms with E-state index in [0.29, 0.717) is 23.0 Å². The van der Waals surface area contributed by atoms with Gasteiger partial charge in [-0.15, -0.1) is 0 Å². The van der Waals surface area contributed by atoms with Crippen LogP contribution in [-0.4, -0.2) is 52.8 Å². The lowest BCUT2D eigenvalue weighted by Gasteiger charge is -2.45. The Hall–Kier alpha value is -2.99. The van der Waals surface area contributed by atoms with Crippen molar-refractivity contribution < 1.29 is 4.39 Å². The van der Waals surface area contributed by atoms with Gasteiger partial charge in [-0.3, -0.25) is 4.99 Å². The quantitative estimate of drug-likeness (QED) is 0.405. The molecule has 9 heteroatoms. The normalized spacial score (nSPS) is 21.7. The van der Waals surface area contributed by atoms with Crippen molar-refractivity contribution in [3.63, 3.8) is 0 Å². The molecule has 2 aromatic heterocycles. The number of hydrogen-bond acceptors (Lipinski definition) is 7. The van der Waals surface area contributed by atoms with Crippen molar-refractivity contribution in [3.8, 4) is 0 Å². The molecule has 0 aromatic carbocycles. The van der Waals surface area contributed by atoms with E-state index in [0.717, 1.165) is 42.3 Å². The van der Waals surface area contributed by atoms with Crippen LogP contribution in [0.3, 0.4) is 0 Å². The average molecular weight is 496 g/mol. The Morgan fingerprint density at radius 2 is 2.09 bits per heavy atom. The summed E-state index contributed by atoms with van der Waals surface area (Å²) in [5.74, 6) is 2.20. The van der Waals surface area contributed by atoms with Crippen LogP contribution >= 0.6 is 9.24 Å². The van der Waals surface area contributed by atoms with Gasteiger partial charge in [0.05, 0.1) is 28.7 Å². The van der Waals surface area contributed by atoms with Crippen LogP contribution in [0.25, 0.3) is 5.70 Å². The smallest absolute Gasteiger partial charge is 0.159 e. The van der Waals surface area contributed by atoms with Crippen molar-refractivity contribution in [2.75, 3.05) is 35.3 Å². The first-order chi connectivity index (χ1) is 16.4.